The molecule has 3 rings (SSSR count). The Bertz CT molecular complexity index is 226. The third kappa shape index (κ3) is 0.953. The van der Waals surface area contributed by atoms with E-state index in [0.29, 0.717) is 12.3 Å². The van der Waals surface area contributed by atoms with Crippen LogP contribution in [0.1, 0.15) is 26.7 Å². The minimum absolute atomic E-state index is 0.0544. The van der Waals surface area contributed by atoms with Gasteiger partial charge in [-0.3, -0.25) is 0 Å². The lowest BCUT2D eigenvalue weighted by molar-refractivity contribution is -0.264. The third-order valence-corrected chi connectivity index (χ3v) is 4.41. The van der Waals surface area contributed by atoms with E-state index in [1.807, 2.05) is 0 Å². The van der Waals surface area contributed by atoms with Gasteiger partial charge in [-0.15, -0.1) is 0 Å². The summed E-state index contributed by atoms with van der Waals surface area (Å²) in [6.07, 6.45) is 0.830. The summed E-state index contributed by atoms with van der Waals surface area (Å²) in [5.41, 5.74) is -1.17. The summed E-state index contributed by atoms with van der Waals surface area (Å²) < 4.78 is 0. The van der Waals surface area contributed by atoms with E-state index in [9.17, 15) is 10.2 Å². The minimum atomic E-state index is -1.25. The van der Waals surface area contributed by atoms with Crippen molar-refractivity contribution < 1.29 is 15.3 Å². The molecular formula is C10H18O3. The van der Waals surface area contributed by atoms with Gasteiger partial charge < -0.3 is 15.3 Å². The molecule has 3 fully saturated rings. The van der Waals surface area contributed by atoms with Crippen molar-refractivity contribution in [2.45, 2.75) is 38.4 Å². The summed E-state index contributed by atoms with van der Waals surface area (Å²) in [6.45, 7) is 3.89. The molecule has 0 aromatic rings. The van der Waals surface area contributed by atoms with Gasteiger partial charge in [0.15, 0.2) is 0 Å². The van der Waals surface area contributed by atoms with Crippen LogP contribution in [0.2, 0.25) is 0 Å². The molecule has 0 spiro atoms. The van der Waals surface area contributed by atoms with Crippen LogP contribution in [-0.2, 0) is 0 Å². The van der Waals surface area contributed by atoms with Crippen LogP contribution < -0.4 is 0 Å². The molecule has 0 heterocycles. The zero-order valence-corrected chi connectivity index (χ0v) is 8.20. The molecule has 0 aromatic carbocycles. The van der Waals surface area contributed by atoms with Gasteiger partial charge in [-0.2, -0.15) is 0 Å². The fourth-order valence-electron chi connectivity index (χ4n) is 3.19. The highest BCUT2D eigenvalue weighted by Crippen LogP contribution is 2.62. The second kappa shape index (κ2) is 2.47. The van der Waals surface area contributed by atoms with E-state index < -0.39 is 11.7 Å². The molecule has 3 heteroatoms. The fourth-order valence-corrected chi connectivity index (χ4v) is 3.19. The van der Waals surface area contributed by atoms with E-state index in [1.54, 1.807) is 0 Å². The lowest BCUT2D eigenvalue weighted by Gasteiger charge is -2.64. The van der Waals surface area contributed by atoms with Crippen molar-refractivity contribution in [3.63, 3.8) is 0 Å². The van der Waals surface area contributed by atoms with Gasteiger partial charge in [-0.05, 0) is 30.1 Å². The molecule has 0 aromatic heterocycles. The summed E-state index contributed by atoms with van der Waals surface area (Å²) in [4.78, 5) is 0. The summed E-state index contributed by atoms with van der Waals surface area (Å²) in [6, 6.07) is 0. The molecule has 0 amide bonds. The number of aliphatic hydroxyl groups excluding tert-OH is 2. The Morgan fingerprint density at radius 1 is 1.31 bits per heavy atom. The van der Waals surface area contributed by atoms with Crippen LogP contribution in [0.3, 0.4) is 0 Å². The predicted octanol–water partition coefficient (Wildman–Crippen LogP) is 0.137. The summed E-state index contributed by atoms with van der Waals surface area (Å²) >= 11 is 0. The van der Waals surface area contributed by atoms with Crippen molar-refractivity contribution >= 4 is 0 Å². The zero-order valence-electron chi connectivity index (χ0n) is 8.20. The first-order valence-corrected chi connectivity index (χ1v) is 4.94. The van der Waals surface area contributed by atoms with Gasteiger partial charge in [0.1, 0.15) is 5.60 Å². The van der Waals surface area contributed by atoms with Crippen LogP contribution in [0.15, 0.2) is 0 Å². The smallest absolute Gasteiger partial charge is 0.117 e. The van der Waals surface area contributed by atoms with E-state index in [4.69, 9.17) is 5.11 Å². The first-order valence-electron chi connectivity index (χ1n) is 4.94. The molecule has 4 atom stereocenters. The van der Waals surface area contributed by atoms with Crippen molar-refractivity contribution in [3.05, 3.63) is 0 Å². The molecule has 0 saturated heterocycles. The van der Waals surface area contributed by atoms with Crippen molar-refractivity contribution in [3.8, 4) is 0 Å². The lowest BCUT2D eigenvalue weighted by atomic mass is 9.43. The molecule has 2 bridgehead atoms. The standard InChI is InChI=1S/C10H18O3/c1-9(2)6-3-7(9)10(13,5-11)8(12)4-6/h6-8,11-13H,3-5H2,1-2H3. The van der Waals surface area contributed by atoms with E-state index >= 15 is 0 Å². The van der Waals surface area contributed by atoms with Crippen molar-refractivity contribution in [1.29, 1.82) is 0 Å². The SMILES string of the molecule is CC1(C)C2CC(O)C(O)(CO)C1C2. The average molecular weight is 186 g/mol. The Morgan fingerprint density at radius 3 is 2.31 bits per heavy atom. The average Bonchev–Trinajstić information content (AvgIpc) is 2.08. The number of rotatable bonds is 1. The van der Waals surface area contributed by atoms with E-state index in [1.165, 1.54) is 0 Å². The van der Waals surface area contributed by atoms with Crippen LogP contribution in [0.25, 0.3) is 0 Å². The second-order valence-electron chi connectivity index (χ2n) is 5.21. The molecule has 76 valence electrons. The molecule has 3 N–H and O–H groups in total. The maximum absolute atomic E-state index is 10.1. The van der Waals surface area contributed by atoms with Crippen LogP contribution in [0.5, 0.6) is 0 Å². The molecule has 3 saturated carbocycles. The highest BCUT2D eigenvalue weighted by atomic mass is 16.4. The highest BCUT2D eigenvalue weighted by Gasteiger charge is 2.64. The monoisotopic (exact) mass is 186 g/mol. The number of aliphatic hydroxyl groups is 3. The number of fused-ring (bicyclic) bond motifs is 2. The zero-order chi connectivity index (χ0) is 9.85. The van der Waals surface area contributed by atoms with Gasteiger partial charge in [0, 0.05) is 0 Å². The summed E-state index contributed by atoms with van der Waals surface area (Å²) in [5.74, 6) is 0.568. The molecule has 3 aliphatic carbocycles. The predicted molar refractivity (Wildman–Crippen MR) is 48.0 cm³/mol. The summed E-state index contributed by atoms with van der Waals surface area (Å²) in [5, 5.41) is 28.9. The minimum Gasteiger partial charge on any atom is -0.393 e. The Balaban J connectivity index is 2.27. The molecule has 0 aliphatic heterocycles. The van der Waals surface area contributed by atoms with Crippen LogP contribution >= 0.6 is 0 Å². The van der Waals surface area contributed by atoms with Gasteiger partial charge in [0.2, 0.25) is 0 Å². The lowest BCUT2D eigenvalue weighted by Crippen LogP contribution is -2.69. The highest BCUT2D eigenvalue weighted by molar-refractivity contribution is 5.13. The molecule has 13 heavy (non-hydrogen) atoms. The quantitative estimate of drug-likeness (QED) is 0.546. The van der Waals surface area contributed by atoms with E-state index in [0.717, 1.165) is 6.42 Å². The molecule has 3 nitrogen and oxygen atoms in total. The Hall–Kier alpha value is -0.120. The van der Waals surface area contributed by atoms with Crippen molar-refractivity contribution in [1.82, 2.24) is 0 Å². The largest absolute Gasteiger partial charge is 0.393 e. The first kappa shape index (κ1) is 9.44. The van der Waals surface area contributed by atoms with Crippen molar-refractivity contribution in [2.24, 2.45) is 17.3 Å². The van der Waals surface area contributed by atoms with Gasteiger partial charge in [-0.25, -0.2) is 0 Å². The van der Waals surface area contributed by atoms with Crippen LogP contribution in [0.4, 0.5) is 0 Å². The molecular weight excluding hydrogens is 168 g/mol. The topological polar surface area (TPSA) is 60.7 Å². The molecule has 0 radical (unpaired) electrons. The number of hydrogen-bond donors (Lipinski definition) is 3. The first-order chi connectivity index (χ1) is 5.93. The maximum atomic E-state index is 10.1. The van der Waals surface area contributed by atoms with E-state index in [2.05, 4.69) is 13.8 Å². The Kier molecular flexibility index (Phi) is 1.79. The van der Waals surface area contributed by atoms with Crippen molar-refractivity contribution in [2.75, 3.05) is 6.61 Å². The fraction of sp³-hybridized carbons (Fsp3) is 1.00. The van der Waals surface area contributed by atoms with E-state index in [-0.39, 0.29) is 17.9 Å². The Labute approximate surface area is 78.4 Å². The Morgan fingerprint density at radius 2 is 1.92 bits per heavy atom. The normalized spacial score (nSPS) is 52.8. The third-order valence-electron chi connectivity index (χ3n) is 4.41. The maximum Gasteiger partial charge on any atom is 0.117 e. The van der Waals surface area contributed by atoms with Gasteiger partial charge >= 0.3 is 0 Å². The summed E-state index contributed by atoms with van der Waals surface area (Å²) in [7, 11) is 0. The van der Waals surface area contributed by atoms with Crippen LogP contribution in [-0.4, -0.2) is 33.6 Å². The van der Waals surface area contributed by atoms with Gasteiger partial charge in [0.05, 0.1) is 12.7 Å². The second-order valence-corrected chi connectivity index (χ2v) is 5.21. The van der Waals surface area contributed by atoms with Gasteiger partial charge in [0.25, 0.3) is 0 Å². The van der Waals surface area contributed by atoms with Gasteiger partial charge in [-0.1, -0.05) is 13.8 Å². The molecule has 4 unspecified atom stereocenters. The van der Waals surface area contributed by atoms with Crippen LogP contribution in [0, 0.1) is 17.3 Å². The molecule has 3 aliphatic rings. The number of hydrogen-bond acceptors (Lipinski definition) is 3.